The molecular weight excluding hydrogens is 443 g/mol. The summed E-state index contributed by atoms with van der Waals surface area (Å²) in [6.45, 7) is 0. The summed E-state index contributed by atoms with van der Waals surface area (Å²) in [7, 11) is 1.34. The maximum Gasteiger partial charge on any atom is 0.337 e. The monoisotopic (exact) mass is 471 g/mol. The first-order chi connectivity index (χ1) is 16.7. The Balaban J connectivity index is 0.000000229. The third-order valence-electron chi connectivity index (χ3n) is 5.38. The van der Waals surface area contributed by atoms with Crippen molar-refractivity contribution < 1.29 is 19.1 Å². The van der Waals surface area contributed by atoms with E-state index < -0.39 is 13.2 Å². The number of esters is 1. The second-order valence-corrected chi connectivity index (χ2v) is 10.9. The Morgan fingerprint density at radius 3 is 1.41 bits per heavy atom. The van der Waals surface area contributed by atoms with Crippen molar-refractivity contribution in [3.8, 4) is 0 Å². The van der Waals surface area contributed by atoms with Crippen molar-refractivity contribution >= 4 is 35.4 Å². The van der Waals surface area contributed by atoms with Crippen molar-refractivity contribution in [3.05, 3.63) is 126 Å². The lowest BCUT2D eigenvalue weighted by atomic mass is 10.1. The molecule has 0 unspecified atom stereocenters. The second-order valence-electron chi connectivity index (χ2n) is 7.47. The number of aldehydes is 1. The van der Waals surface area contributed by atoms with Crippen LogP contribution < -0.4 is 15.9 Å². The second kappa shape index (κ2) is 12.6. The van der Waals surface area contributed by atoms with Crippen LogP contribution in [0.5, 0.6) is 0 Å². The van der Waals surface area contributed by atoms with Gasteiger partial charge in [-0.1, -0.05) is 66.7 Å². The van der Waals surface area contributed by atoms with E-state index in [1.165, 1.54) is 23.0 Å². The molecule has 4 rings (SSSR count). The smallest absolute Gasteiger partial charge is 0.337 e. The van der Waals surface area contributed by atoms with Crippen LogP contribution >= 0.6 is 7.26 Å². The molecule has 4 aromatic rings. The third-order valence-corrected chi connectivity index (χ3v) is 9.57. The van der Waals surface area contributed by atoms with Crippen LogP contribution in [0.15, 0.2) is 115 Å². The summed E-state index contributed by atoms with van der Waals surface area (Å²) in [6.07, 6.45) is 1.44. The molecule has 0 aromatic heterocycles. The molecule has 0 fully saturated rings. The molecule has 0 N–H and O–H groups in total. The first kappa shape index (κ1) is 25.0. The lowest BCUT2D eigenvalue weighted by molar-refractivity contribution is 0.0600. The molecule has 0 bridgehead atoms. The Hall–Kier alpha value is -3.59. The van der Waals surface area contributed by atoms with Crippen molar-refractivity contribution in [3.63, 3.8) is 0 Å². The SMILES string of the molecule is COC(=O)c1ccc(C=O)cc1.COC[P+](c1ccccc1)(c1ccccc1)c1ccccc1. The van der Waals surface area contributed by atoms with Crippen LogP contribution in [0, 0.1) is 0 Å². The Morgan fingerprint density at radius 2 is 1.09 bits per heavy atom. The van der Waals surface area contributed by atoms with Crippen LogP contribution in [0.1, 0.15) is 20.7 Å². The number of methoxy groups -OCH3 is 2. The first-order valence-electron chi connectivity index (χ1n) is 10.8. The van der Waals surface area contributed by atoms with Gasteiger partial charge in [0.2, 0.25) is 0 Å². The standard InChI is InChI=1S/C20H20OP.C9H8O3/c1-21-17-22(18-11-5-2-6-12-18,19-13-7-3-8-14-19)20-15-9-4-10-16-20;1-12-9(11)8-4-2-7(6-10)3-5-8/h2-16H,17H2,1H3;2-6H,1H3/q+1;. The van der Waals surface area contributed by atoms with E-state index in [2.05, 4.69) is 95.7 Å². The molecule has 0 amide bonds. The van der Waals surface area contributed by atoms with E-state index in [1.54, 1.807) is 31.4 Å². The topological polar surface area (TPSA) is 52.6 Å². The fraction of sp³-hybridized carbons (Fsp3) is 0.103. The van der Waals surface area contributed by atoms with Crippen LogP contribution in [0.2, 0.25) is 0 Å². The summed E-state index contributed by atoms with van der Waals surface area (Å²) in [5, 5.41) is 4.07. The number of hydrogen-bond donors (Lipinski definition) is 0. The summed E-state index contributed by atoms with van der Waals surface area (Å²) in [5.74, 6) is -0.396. The summed E-state index contributed by atoms with van der Waals surface area (Å²) in [6, 6.07) is 38.5. The molecule has 0 aliphatic rings. The van der Waals surface area contributed by atoms with Gasteiger partial charge in [-0.25, -0.2) is 4.79 Å². The minimum absolute atomic E-state index is 0.396. The van der Waals surface area contributed by atoms with Gasteiger partial charge in [-0.2, -0.15) is 0 Å². The largest absolute Gasteiger partial charge is 0.465 e. The lowest BCUT2D eigenvalue weighted by Crippen LogP contribution is -2.33. The molecule has 5 heteroatoms. The molecule has 0 saturated carbocycles. The van der Waals surface area contributed by atoms with E-state index in [1.807, 2.05) is 0 Å². The lowest BCUT2D eigenvalue weighted by Gasteiger charge is -2.26. The number of benzene rings is 4. The molecule has 0 atom stereocenters. The van der Waals surface area contributed by atoms with Crippen molar-refractivity contribution in [2.75, 3.05) is 20.6 Å². The van der Waals surface area contributed by atoms with Crippen molar-refractivity contribution in [2.45, 2.75) is 0 Å². The molecule has 172 valence electrons. The number of rotatable bonds is 7. The van der Waals surface area contributed by atoms with Gasteiger partial charge in [0, 0.05) is 12.7 Å². The van der Waals surface area contributed by atoms with E-state index in [4.69, 9.17) is 4.74 Å². The summed E-state index contributed by atoms with van der Waals surface area (Å²) in [4.78, 5) is 21.1. The van der Waals surface area contributed by atoms with Gasteiger partial charge >= 0.3 is 5.97 Å². The Labute approximate surface area is 201 Å². The zero-order chi connectivity index (χ0) is 24.2. The zero-order valence-corrected chi connectivity index (χ0v) is 20.2. The minimum Gasteiger partial charge on any atom is -0.465 e. The number of ether oxygens (including phenoxy) is 2. The molecule has 0 aliphatic carbocycles. The molecule has 0 aliphatic heterocycles. The third kappa shape index (κ3) is 5.85. The molecule has 0 spiro atoms. The summed E-state index contributed by atoms with van der Waals surface area (Å²) < 4.78 is 10.2. The van der Waals surface area contributed by atoms with Gasteiger partial charge in [-0.15, -0.1) is 0 Å². The maximum absolute atomic E-state index is 10.9. The van der Waals surface area contributed by atoms with E-state index >= 15 is 0 Å². The maximum atomic E-state index is 10.9. The van der Waals surface area contributed by atoms with E-state index in [-0.39, 0.29) is 0 Å². The highest BCUT2D eigenvalue weighted by molar-refractivity contribution is 7.95. The quantitative estimate of drug-likeness (QED) is 0.219. The highest BCUT2D eigenvalue weighted by Gasteiger charge is 2.45. The van der Waals surface area contributed by atoms with Crippen LogP contribution in [-0.4, -0.2) is 32.8 Å². The minimum atomic E-state index is -1.78. The average Bonchev–Trinajstić information content (AvgIpc) is 2.93. The number of carbonyl (C=O) groups is 2. The molecule has 0 radical (unpaired) electrons. The fourth-order valence-electron chi connectivity index (χ4n) is 3.73. The van der Waals surface area contributed by atoms with E-state index in [0.717, 1.165) is 6.29 Å². The molecule has 4 aromatic carbocycles. The van der Waals surface area contributed by atoms with Gasteiger partial charge in [0.05, 0.1) is 12.7 Å². The van der Waals surface area contributed by atoms with Crippen LogP contribution in [0.25, 0.3) is 0 Å². The highest BCUT2D eigenvalue weighted by atomic mass is 31.2. The molecule has 0 heterocycles. The molecule has 4 nitrogen and oxygen atoms in total. The Kier molecular flexibility index (Phi) is 9.28. The predicted molar refractivity (Wildman–Crippen MR) is 140 cm³/mol. The number of carbonyl (C=O) groups excluding carboxylic acids is 2. The van der Waals surface area contributed by atoms with Crippen molar-refractivity contribution in [2.24, 2.45) is 0 Å². The van der Waals surface area contributed by atoms with E-state index in [0.29, 0.717) is 17.5 Å². The van der Waals surface area contributed by atoms with Gasteiger partial charge in [-0.05, 0) is 48.5 Å². The van der Waals surface area contributed by atoms with Crippen LogP contribution in [0.3, 0.4) is 0 Å². The number of hydrogen-bond acceptors (Lipinski definition) is 4. The molecular formula is C29H28O4P+. The van der Waals surface area contributed by atoms with Crippen LogP contribution in [0.4, 0.5) is 0 Å². The van der Waals surface area contributed by atoms with E-state index in [9.17, 15) is 9.59 Å². The van der Waals surface area contributed by atoms with Crippen molar-refractivity contribution in [1.29, 1.82) is 0 Å². The predicted octanol–water partition coefficient (Wildman–Crippen LogP) is 4.87. The highest BCUT2D eigenvalue weighted by Crippen LogP contribution is 2.54. The van der Waals surface area contributed by atoms with Gasteiger partial charge < -0.3 is 9.47 Å². The normalized spacial score (nSPS) is 10.5. The van der Waals surface area contributed by atoms with Gasteiger partial charge in [0.1, 0.15) is 29.5 Å². The summed E-state index contributed by atoms with van der Waals surface area (Å²) in [5.41, 5.74) is 0.991. The van der Waals surface area contributed by atoms with Gasteiger partial charge in [0.25, 0.3) is 0 Å². The average molecular weight is 472 g/mol. The fourth-order valence-corrected chi connectivity index (χ4v) is 7.50. The molecule has 34 heavy (non-hydrogen) atoms. The van der Waals surface area contributed by atoms with Gasteiger partial charge in [-0.3, -0.25) is 4.79 Å². The summed E-state index contributed by atoms with van der Waals surface area (Å²) >= 11 is 0. The first-order valence-corrected chi connectivity index (χ1v) is 12.8. The molecule has 0 saturated heterocycles. The van der Waals surface area contributed by atoms with Crippen molar-refractivity contribution in [1.82, 2.24) is 0 Å². The van der Waals surface area contributed by atoms with Crippen LogP contribution in [-0.2, 0) is 9.47 Å². The van der Waals surface area contributed by atoms with Gasteiger partial charge in [0.15, 0.2) is 6.35 Å². The zero-order valence-electron chi connectivity index (χ0n) is 19.3. The Morgan fingerprint density at radius 1 is 0.676 bits per heavy atom. The Bertz CT molecular complexity index is 1060.